The standard InChI is InChI=1S/C18H18N2O/c1-2-3-11-20-18(21)16(13-19)12-15-9-6-8-14-7-4-5-10-17(14)15/h4-10,12H,2-3,11H2,1H3,(H,20,21). The molecule has 0 radical (unpaired) electrons. The van der Waals surface area contributed by atoms with Crippen molar-refractivity contribution in [3.05, 3.63) is 53.6 Å². The van der Waals surface area contributed by atoms with E-state index >= 15 is 0 Å². The van der Waals surface area contributed by atoms with Crippen LogP contribution in [0.1, 0.15) is 25.3 Å². The van der Waals surface area contributed by atoms with E-state index in [0.717, 1.165) is 29.2 Å². The lowest BCUT2D eigenvalue weighted by Gasteiger charge is -2.05. The van der Waals surface area contributed by atoms with E-state index in [-0.39, 0.29) is 11.5 Å². The smallest absolute Gasteiger partial charge is 0.261 e. The van der Waals surface area contributed by atoms with Crippen LogP contribution < -0.4 is 5.32 Å². The van der Waals surface area contributed by atoms with E-state index in [9.17, 15) is 10.1 Å². The monoisotopic (exact) mass is 278 g/mol. The number of amides is 1. The number of benzene rings is 2. The molecule has 21 heavy (non-hydrogen) atoms. The summed E-state index contributed by atoms with van der Waals surface area (Å²) in [5.74, 6) is -0.307. The maximum atomic E-state index is 12.0. The molecule has 3 nitrogen and oxygen atoms in total. The van der Waals surface area contributed by atoms with Gasteiger partial charge in [0, 0.05) is 6.54 Å². The molecule has 0 fully saturated rings. The molecule has 0 bridgehead atoms. The summed E-state index contributed by atoms with van der Waals surface area (Å²) in [5.41, 5.74) is 1.03. The molecule has 106 valence electrons. The van der Waals surface area contributed by atoms with Gasteiger partial charge in [-0.3, -0.25) is 4.79 Å². The fraction of sp³-hybridized carbons (Fsp3) is 0.222. The van der Waals surface area contributed by atoms with Crippen LogP contribution in [0.25, 0.3) is 16.8 Å². The molecule has 0 saturated carbocycles. The number of carbonyl (C=O) groups excluding carboxylic acids is 1. The highest BCUT2D eigenvalue weighted by Gasteiger charge is 2.09. The summed E-state index contributed by atoms with van der Waals surface area (Å²) in [7, 11) is 0. The van der Waals surface area contributed by atoms with Crippen molar-refractivity contribution in [2.75, 3.05) is 6.54 Å². The lowest BCUT2D eigenvalue weighted by molar-refractivity contribution is -0.117. The Morgan fingerprint density at radius 2 is 2.00 bits per heavy atom. The minimum Gasteiger partial charge on any atom is -0.351 e. The third-order valence-corrected chi connectivity index (χ3v) is 3.30. The topological polar surface area (TPSA) is 52.9 Å². The number of nitriles is 1. The third kappa shape index (κ3) is 3.70. The van der Waals surface area contributed by atoms with Crippen molar-refractivity contribution >= 4 is 22.8 Å². The summed E-state index contributed by atoms with van der Waals surface area (Å²) >= 11 is 0. The fourth-order valence-electron chi connectivity index (χ4n) is 2.15. The van der Waals surface area contributed by atoms with Crippen molar-refractivity contribution in [2.24, 2.45) is 0 Å². The van der Waals surface area contributed by atoms with Crippen LogP contribution in [-0.4, -0.2) is 12.5 Å². The Balaban J connectivity index is 2.30. The second kappa shape index (κ2) is 7.25. The molecule has 0 atom stereocenters. The maximum Gasteiger partial charge on any atom is 0.261 e. The molecule has 1 amide bonds. The Morgan fingerprint density at radius 3 is 2.76 bits per heavy atom. The van der Waals surface area contributed by atoms with Gasteiger partial charge in [0.25, 0.3) is 5.91 Å². The molecule has 0 aliphatic carbocycles. The largest absolute Gasteiger partial charge is 0.351 e. The summed E-state index contributed by atoms with van der Waals surface area (Å²) in [6.07, 6.45) is 3.58. The zero-order chi connectivity index (χ0) is 15.1. The molecule has 0 aromatic heterocycles. The van der Waals surface area contributed by atoms with Crippen molar-refractivity contribution in [3.8, 4) is 6.07 Å². The Hall–Kier alpha value is -2.60. The van der Waals surface area contributed by atoms with E-state index < -0.39 is 0 Å². The van der Waals surface area contributed by atoms with Crippen LogP contribution in [-0.2, 0) is 4.79 Å². The first-order chi connectivity index (χ1) is 10.3. The Labute approximate surface area is 124 Å². The molecule has 0 saturated heterocycles. The van der Waals surface area contributed by atoms with Gasteiger partial charge >= 0.3 is 0 Å². The molecule has 1 N–H and O–H groups in total. The van der Waals surface area contributed by atoms with E-state index in [0.29, 0.717) is 6.54 Å². The van der Waals surface area contributed by atoms with Gasteiger partial charge < -0.3 is 5.32 Å². The van der Waals surface area contributed by atoms with Gasteiger partial charge in [0.1, 0.15) is 11.6 Å². The molecule has 0 spiro atoms. The molecule has 0 aliphatic rings. The Morgan fingerprint density at radius 1 is 1.24 bits per heavy atom. The summed E-state index contributed by atoms with van der Waals surface area (Å²) in [6, 6.07) is 15.8. The van der Waals surface area contributed by atoms with Gasteiger partial charge in [-0.05, 0) is 28.8 Å². The first-order valence-corrected chi connectivity index (χ1v) is 7.14. The number of unbranched alkanes of at least 4 members (excludes halogenated alkanes) is 1. The average Bonchev–Trinajstić information content (AvgIpc) is 2.52. The molecular formula is C18H18N2O. The van der Waals surface area contributed by atoms with Gasteiger partial charge in [0.2, 0.25) is 0 Å². The predicted molar refractivity (Wildman–Crippen MR) is 85.5 cm³/mol. The van der Waals surface area contributed by atoms with Gasteiger partial charge in [-0.15, -0.1) is 0 Å². The molecule has 0 heterocycles. The predicted octanol–water partition coefficient (Wildman–Crippen LogP) is 3.66. The van der Waals surface area contributed by atoms with Gasteiger partial charge in [0.05, 0.1) is 0 Å². The number of hydrogen-bond acceptors (Lipinski definition) is 2. The number of rotatable bonds is 5. The normalized spacial score (nSPS) is 11.1. The first-order valence-electron chi connectivity index (χ1n) is 7.14. The SMILES string of the molecule is CCCCNC(=O)C(C#N)=Cc1cccc2ccccc12. The van der Waals surface area contributed by atoms with E-state index in [4.69, 9.17) is 0 Å². The van der Waals surface area contributed by atoms with Crippen LogP contribution in [0.2, 0.25) is 0 Å². The number of nitrogens with one attached hydrogen (secondary N) is 1. The van der Waals surface area contributed by atoms with Crippen LogP contribution in [0.3, 0.4) is 0 Å². The molecule has 2 aromatic rings. The van der Waals surface area contributed by atoms with Crippen molar-refractivity contribution < 1.29 is 4.79 Å². The van der Waals surface area contributed by atoms with Crippen molar-refractivity contribution in [2.45, 2.75) is 19.8 Å². The number of carbonyl (C=O) groups is 1. The summed E-state index contributed by atoms with van der Waals surface area (Å²) < 4.78 is 0. The van der Waals surface area contributed by atoms with Crippen molar-refractivity contribution in [1.29, 1.82) is 5.26 Å². The zero-order valence-corrected chi connectivity index (χ0v) is 12.1. The highest BCUT2D eigenvalue weighted by atomic mass is 16.1. The second-order valence-electron chi connectivity index (χ2n) is 4.85. The van der Waals surface area contributed by atoms with Crippen LogP contribution in [0, 0.1) is 11.3 Å². The van der Waals surface area contributed by atoms with E-state index in [1.807, 2.05) is 48.5 Å². The first kappa shape index (κ1) is 14.8. The molecule has 2 aromatic carbocycles. The Kier molecular flexibility index (Phi) is 5.11. The number of hydrogen-bond donors (Lipinski definition) is 1. The van der Waals surface area contributed by atoms with Gasteiger partial charge in [-0.1, -0.05) is 55.8 Å². The summed E-state index contributed by atoms with van der Waals surface area (Å²) in [5, 5.41) is 14.1. The van der Waals surface area contributed by atoms with E-state index in [1.54, 1.807) is 6.08 Å². The van der Waals surface area contributed by atoms with Gasteiger partial charge in [-0.2, -0.15) is 5.26 Å². The van der Waals surface area contributed by atoms with Crippen LogP contribution in [0.5, 0.6) is 0 Å². The summed E-state index contributed by atoms with van der Waals surface area (Å²) in [6.45, 7) is 2.66. The van der Waals surface area contributed by atoms with Crippen molar-refractivity contribution in [1.82, 2.24) is 5.32 Å². The fourth-order valence-corrected chi connectivity index (χ4v) is 2.15. The molecule has 3 heteroatoms. The average molecular weight is 278 g/mol. The third-order valence-electron chi connectivity index (χ3n) is 3.30. The zero-order valence-electron chi connectivity index (χ0n) is 12.1. The highest BCUT2D eigenvalue weighted by molar-refractivity contribution is 6.04. The van der Waals surface area contributed by atoms with Crippen molar-refractivity contribution in [3.63, 3.8) is 0 Å². The number of nitrogens with zero attached hydrogens (tertiary/aromatic N) is 1. The molecular weight excluding hydrogens is 260 g/mol. The van der Waals surface area contributed by atoms with Gasteiger partial charge in [0.15, 0.2) is 0 Å². The van der Waals surface area contributed by atoms with E-state index in [1.165, 1.54) is 0 Å². The summed E-state index contributed by atoms with van der Waals surface area (Å²) in [4.78, 5) is 12.0. The molecule has 2 rings (SSSR count). The second-order valence-corrected chi connectivity index (χ2v) is 4.85. The van der Waals surface area contributed by atoms with Crippen LogP contribution >= 0.6 is 0 Å². The molecule has 0 unspecified atom stereocenters. The quantitative estimate of drug-likeness (QED) is 0.515. The van der Waals surface area contributed by atoms with Crippen LogP contribution in [0.4, 0.5) is 0 Å². The Bertz CT molecular complexity index is 705. The minimum atomic E-state index is -0.307. The van der Waals surface area contributed by atoms with Gasteiger partial charge in [-0.25, -0.2) is 0 Å². The maximum absolute atomic E-state index is 12.0. The van der Waals surface area contributed by atoms with Crippen LogP contribution in [0.15, 0.2) is 48.0 Å². The lowest BCUT2D eigenvalue weighted by atomic mass is 10.0. The highest BCUT2D eigenvalue weighted by Crippen LogP contribution is 2.20. The number of fused-ring (bicyclic) bond motifs is 1. The minimum absolute atomic E-state index is 0.141. The lowest BCUT2D eigenvalue weighted by Crippen LogP contribution is -2.25. The van der Waals surface area contributed by atoms with E-state index in [2.05, 4.69) is 12.2 Å². The molecule has 0 aliphatic heterocycles.